The summed E-state index contributed by atoms with van der Waals surface area (Å²) in [6.07, 6.45) is 19.0. The number of benzene rings is 9. The van der Waals surface area contributed by atoms with Crippen LogP contribution in [0.5, 0.6) is 51.7 Å². The Morgan fingerprint density at radius 3 is 0.910 bits per heavy atom. The molecule has 111 heavy (non-hydrogen) atoms. The number of thiophene rings is 3. The molecule has 9 aromatic carbocycles. The van der Waals surface area contributed by atoms with Gasteiger partial charge in [-0.05, 0) is 305 Å². The van der Waals surface area contributed by atoms with E-state index in [2.05, 4.69) is 51.1 Å². The highest BCUT2D eigenvalue weighted by Crippen LogP contribution is 2.47. The van der Waals surface area contributed by atoms with Gasteiger partial charge >= 0.3 is 0 Å². The number of halogens is 2. The molecule has 12 aromatic rings. The lowest BCUT2D eigenvalue weighted by Crippen LogP contribution is -2.26. The average molecular weight is 1580 g/mol. The van der Waals surface area contributed by atoms with Crippen molar-refractivity contribution in [3.63, 3.8) is 0 Å². The number of rotatable bonds is 21. The molecule has 3 aromatic heterocycles. The molecule has 12 nitrogen and oxygen atoms in total. The van der Waals surface area contributed by atoms with E-state index in [9.17, 15) is 29.7 Å². The summed E-state index contributed by atoms with van der Waals surface area (Å²) in [7, 11) is 0. The zero-order valence-corrected chi connectivity index (χ0v) is 68.6. The monoisotopic (exact) mass is 1580 g/mol. The van der Waals surface area contributed by atoms with E-state index in [1.807, 2.05) is 133 Å². The van der Waals surface area contributed by atoms with Crippen molar-refractivity contribution in [2.75, 3.05) is 58.9 Å². The Bertz CT molecular complexity index is 4700. The summed E-state index contributed by atoms with van der Waals surface area (Å²) in [6.45, 7) is 24.1. The number of nitrogens with zero attached hydrogens (tertiary/aromatic N) is 3. The van der Waals surface area contributed by atoms with Crippen LogP contribution < -0.4 is 14.2 Å². The number of likely N-dealkylation sites (tertiary alicyclic amines) is 3. The van der Waals surface area contributed by atoms with Crippen molar-refractivity contribution in [3.8, 4) is 51.7 Å². The summed E-state index contributed by atoms with van der Waals surface area (Å²) in [5.74, 6) is 3.81. The molecule has 0 bridgehead atoms. The SMILES string of the molecule is Cc1cc(C)c(C(=O)c2sc3cc(O)ccc3c2Oc2ccc(CCN3CCCCCC3)cc2)c(C)c1.Cc1cc(C)c(C(=O)c2sc3cc(O)ccc3c2Oc2ccc(CCN3CCCCCC3)cc2)c(Cl)c1.Cc1cc(Cl)cc(C)c1C(=O)c1sc2cc(O)ccc2c1Oc1ccc(CCN2CCCCCC2)cc1. The Morgan fingerprint density at radius 2 is 0.613 bits per heavy atom. The van der Waals surface area contributed by atoms with Crippen molar-refractivity contribution < 1.29 is 43.9 Å². The van der Waals surface area contributed by atoms with E-state index in [1.54, 1.807) is 42.5 Å². The van der Waals surface area contributed by atoms with Crippen molar-refractivity contribution in [1.82, 2.24) is 14.7 Å². The first-order valence-corrected chi connectivity index (χ1v) is 42.4. The molecule has 0 saturated carbocycles. The topological polar surface area (TPSA) is 149 Å². The summed E-state index contributed by atoms with van der Waals surface area (Å²) in [5.41, 5.74) is 12.2. The Hall–Kier alpha value is -8.87. The normalized spacial score (nSPS) is 14.6. The fourth-order valence-corrected chi connectivity index (χ4v) is 19.8. The van der Waals surface area contributed by atoms with Crippen LogP contribution in [0.25, 0.3) is 30.3 Å². The number of aryl methyl sites for hydroxylation is 7. The highest BCUT2D eigenvalue weighted by molar-refractivity contribution is 7.22. The quantitative estimate of drug-likeness (QED) is 0.0588. The van der Waals surface area contributed by atoms with Crippen molar-refractivity contribution in [2.24, 2.45) is 0 Å². The van der Waals surface area contributed by atoms with E-state index in [-0.39, 0.29) is 34.6 Å². The average Bonchev–Trinajstić information content (AvgIpc) is 1.65. The van der Waals surface area contributed by atoms with Crippen LogP contribution in [0.3, 0.4) is 0 Å². The lowest BCUT2D eigenvalue weighted by Gasteiger charge is -2.19. The highest BCUT2D eigenvalue weighted by Gasteiger charge is 2.29. The second-order valence-corrected chi connectivity index (χ2v) is 34.2. The van der Waals surface area contributed by atoms with E-state index < -0.39 is 0 Å². The maximum atomic E-state index is 13.8. The van der Waals surface area contributed by atoms with Gasteiger partial charge in [0.15, 0.2) is 17.2 Å². The predicted octanol–water partition coefficient (Wildman–Crippen LogP) is 24.6. The Balaban J connectivity index is 0.000000146. The van der Waals surface area contributed by atoms with Crippen LogP contribution in [0.4, 0.5) is 0 Å². The van der Waals surface area contributed by atoms with Gasteiger partial charge < -0.3 is 44.2 Å². The standard InChI is InChI=1S/C32H35NO3S.2C31H32ClNO3S/c1-21-18-22(2)29(23(3)19-21)30(35)32-31(27-13-10-25(34)20-28(27)37-32)36-26-11-8-24(9-12-26)14-17-33-15-6-4-5-7-16-33;1-20-17-23(32)18-21(2)28(20)29(35)31-30(26-12-9-24(34)19-27(26)37-31)36-25-10-7-22(8-11-25)13-16-33-14-5-3-4-6-15-33;1-20-17-21(2)28(26(32)18-20)29(35)31-30(25-12-9-23(34)19-27(25)37-31)36-24-10-7-22(8-11-24)13-16-33-14-5-3-4-6-15-33/h8-13,18-20,34H,4-7,14-17H2,1-3H3;2*7-12,17-19,34H,3-6,13-16H2,1-2H3. The van der Waals surface area contributed by atoms with Crippen LogP contribution in [0.1, 0.15) is 178 Å². The summed E-state index contributed by atoms with van der Waals surface area (Å²) in [6, 6.07) is 51.5. The summed E-state index contributed by atoms with van der Waals surface area (Å²) in [4.78, 5) is 50.7. The van der Waals surface area contributed by atoms with Gasteiger partial charge in [0.05, 0.1) is 5.02 Å². The number of ether oxygens (including phenoxy) is 3. The van der Waals surface area contributed by atoms with Gasteiger partial charge in [0, 0.05) is 71.6 Å². The number of phenols is 3. The molecule has 576 valence electrons. The molecule has 0 amide bonds. The Morgan fingerprint density at radius 1 is 0.342 bits per heavy atom. The molecule has 0 radical (unpaired) electrons. The van der Waals surface area contributed by atoms with Gasteiger partial charge in [0.2, 0.25) is 17.3 Å². The van der Waals surface area contributed by atoms with Gasteiger partial charge in [-0.15, -0.1) is 34.0 Å². The number of ketones is 3. The van der Waals surface area contributed by atoms with E-state index in [4.69, 9.17) is 37.4 Å². The van der Waals surface area contributed by atoms with Gasteiger partial charge in [-0.3, -0.25) is 14.4 Å². The summed E-state index contributed by atoms with van der Waals surface area (Å²) in [5, 5.41) is 33.6. The first-order chi connectivity index (χ1) is 53.7. The molecule has 3 aliphatic heterocycles. The number of carbonyl (C=O) groups excluding carboxylic acids is 3. The molecule has 3 N–H and O–H groups in total. The Labute approximate surface area is 674 Å². The van der Waals surface area contributed by atoms with E-state index in [1.165, 1.54) is 167 Å². The van der Waals surface area contributed by atoms with E-state index >= 15 is 0 Å². The number of carbonyl (C=O) groups is 3. The zero-order chi connectivity index (χ0) is 77.8. The minimum absolute atomic E-state index is 0.0419. The molecule has 6 heterocycles. The fourth-order valence-electron chi connectivity index (χ4n) is 15.8. The van der Waals surface area contributed by atoms with Crippen molar-refractivity contribution in [2.45, 2.75) is 145 Å². The maximum absolute atomic E-state index is 13.8. The molecule has 0 unspecified atom stereocenters. The molecule has 0 aliphatic carbocycles. The summed E-state index contributed by atoms with van der Waals surface area (Å²) >= 11 is 16.8. The first-order valence-electron chi connectivity index (χ1n) is 39.2. The molecule has 0 spiro atoms. The number of hydrogen-bond donors (Lipinski definition) is 3. The van der Waals surface area contributed by atoms with Crippen LogP contribution >= 0.6 is 57.2 Å². The molecule has 0 atom stereocenters. The van der Waals surface area contributed by atoms with Gasteiger partial charge in [0.25, 0.3) is 0 Å². The van der Waals surface area contributed by atoms with E-state index in [0.29, 0.717) is 70.3 Å². The molecule has 15 rings (SSSR count). The lowest BCUT2D eigenvalue weighted by atomic mass is 9.95. The van der Waals surface area contributed by atoms with E-state index in [0.717, 1.165) is 114 Å². The predicted molar refractivity (Wildman–Crippen MR) is 459 cm³/mol. The molecule has 3 fully saturated rings. The van der Waals surface area contributed by atoms with Crippen molar-refractivity contribution in [3.05, 3.63) is 261 Å². The van der Waals surface area contributed by atoms with Gasteiger partial charge in [-0.25, -0.2) is 0 Å². The smallest absolute Gasteiger partial charge is 0.208 e. The van der Waals surface area contributed by atoms with Crippen LogP contribution in [0, 0.1) is 48.5 Å². The minimum atomic E-state index is -0.174. The molecule has 3 aliphatic rings. The maximum Gasteiger partial charge on any atom is 0.208 e. The van der Waals surface area contributed by atoms with Crippen LogP contribution in [0.2, 0.25) is 10.0 Å². The van der Waals surface area contributed by atoms with Crippen molar-refractivity contribution >= 4 is 105 Å². The molecule has 17 heteroatoms. The second-order valence-electron chi connectivity index (χ2n) is 30.2. The van der Waals surface area contributed by atoms with Crippen LogP contribution in [-0.2, 0) is 19.3 Å². The second kappa shape index (κ2) is 37.2. The summed E-state index contributed by atoms with van der Waals surface area (Å²) < 4.78 is 21.6. The van der Waals surface area contributed by atoms with Gasteiger partial charge in [-0.2, -0.15) is 0 Å². The molecular weight excluding hydrogens is 1480 g/mol. The van der Waals surface area contributed by atoms with Gasteiger partial charge in [0.1, 0.15) is 49.1 Å². The lowest BCUT2D eigenvalue weighted by molar-refractivity contribution is 0.103. The first kappa shape index (κ1) is 80.2. The third kappa shape index (κ3) is 20.1. The van der Waals surface area contributed by atoms with Crippen molar-refractivity contribution in [1.29, 1.82) is 0 Å². The number of aromatic hydroxyl groups is 3. The van der Waals surface area contributed by atoms with Gasteiger partial charge in [-0.1, -0.05) is 122 Å². The van der Waals surface area contributed by atoms with Crippen LogP contribution in [0.15, 0.2) is 164 Å². The highest BCUT2D eigenvalue weighted by atomic mass is 35.5. The van der Waals surface area contributed by atoms with Crippen LogP contribution in [-0.4, -0.2) is 106 Å². The third-order valence-corrected chi connectivity index (χ3v) is 25.4. The fraction of sp³-hybridized carbons (Fsp3) is 0.330. The number of hydrogen-bond acceptors (Lipinski definition) is 15. The molecular formula is C94H99Cl2N3O9S3. The third-order valence-electron chi connectivity index (χ3n) is 21.5. The molecule has 3 saturated heterocycles. The zero-order valence-electron chi connectivity index (χ0n) is 64.7. The number of fused-ring (bicyclic) bond motifs is 3. The minimum Gasteiger partial charge on any atom is -0.508 e. The number of phenolic OH excluding ortho intramolecular Hbond substituents is 3. The Kier molecular flexibility index (Phi) is 26.9. The largest absolute Gasteiger partial charge is 0.508 e.